The number of aliphatic carboxylic acids is 1. The van der Waals surface area contributed by atoms with Crippen molar-refractivity contribution in [3.05, 3.63) is 23.8 Å². The van der Waals surface area contributed by atoms with Crippen LogP contribution in [0.4, 0.5) is 4.79 Å². The number of carbonyl (C=O) groups excluding carboxylic acids is 1. The fraction of sp³-hybridized carbons (Fsp3) is 0.529. The lowest BCUT2D eigenvalue weighted by Gasteiger charge is -2.21. The van der Waals surface area contributed by atoms with Crippen molar-refractivity contribution in [1.82, 2.24) is 5.32 Å². The first-order chi connectivity index (χ1) is 11.2. The second-order valence-electron chi connectivity index (χ2n) is 6.27. The van der Waals surface area contributed by atoms with Crippen LogP contribution in [0.1, 0.15) is 26.3 Å². The van der Waals surface area contributed by atoms with Crippen LogP contribution in [0.2, 0.25) is 0 Å². The summed E-state index contributed by atoms with van der Waals surface area (Å²) in [6.07, 6.45) is -0.461. The average Bonchev–Trinajstić information content (AvgIpc) is 2.48. The van der Waals surface area contributed by atoms with Crippen LogP contribution in [0.5, 0.6) is 11.5 Å². The number of hydrogen-bond donors (Lipinski definition) is 2. The Morgan fingerprint density at radius 1 is 1.21 bits per heavy atom. The highest BCUT2D eigenvalue weighted by atomic mass is 16.6. The maximum Gasteiger partial charge on any atom is 0.407 e. The van der Waals surface area contributed by atoms with Gasteiger partial charge >= 0.3 is 12.1 Å². The van der Waals surface area contributed by atoms with Gasteiger partial charge in [-0.3, -0.25) is 4.79 Å². The van der Waals surface area contributed by atoms with Crippen LogP contribution in [-0.2, 0) is 16.0 Å². The summed E-state index contributed by atoms with van der Waals surface area (Å²) in [5, 5.41) is 11.9. The van der Waals surface area contributed by atoms with Crippen molar-refractivity contribution in [3.63, 3.8) is 0 Å². The predicted octanol–water partition coefficient (Wildman–Crippen LogP) is 2.47. The van der Waals surface area contributed by atoms with Crippen molar-refractivity contribution in [2.75, 3.05) is 20.8 Å². The van der Waals surface area contributed by atoms with Crippen molar-refractivity contribution in [1.29, 1.82) is 0 Å². The van der Waals surface area contributed by atoms with Crippen molar-refractivity contribution in [2.24, 2.45) is 5.92 Å². The van der Waals surface area contributed by atoms with Gasteiger partial charge in [0.1, 0.15) is 5.60 Å². The van der Waals surface area contributed by atoms with Gasteiger partial charge in [0, 0.05) is 6.54 Å². The highest BCUT2D eigenvalue weighted by Gasteiger charge is 2.23. The highest BCUT2D eigenvalue weighted by molar-refractivity contribution is 5.73. The van der Waals surface area contributed by atoms with Crippen LogP contribution >= 0.6 is 0 Å². The molecule has 0 fully saturated rings. The molecular weight excluding hydrogens is 314 g/mol. The number of amides is 1. The molecule has 0 spiro atoms. The Balaban J connectivity index is 2.81. The number of alkyl carbamates (subject to hydrolysis) is 1. The van der Waals surface area contributed by atoms with Gasteiger partial charge in [-0.05, 0) is 38.8 Å². The highest BCUT2D eigenvalue weighted by Crippen LogP contribution is 2.32. The van der Waals surface area contributed by atoms with Gasteiger partial charge < -0.3 is 24.6 Å². The number of carboxylic acids is 1. The van der Waals surface area contributed by atoms with Crippen LogP contribution in [0, 0.1) is 5.92 Å². The maximum absolute atomic E-state index is 11.7. The summed E-state index contributed by atoms with van der Waals surface area (Å²) < 4.78 is 15.6. The lowest BCUT2D eigenvalue weighted by Crippen LogP contribution is -2.37. The van der Waals surface area contributed by atoms with Gasteiger partial charge in [-0.2, -0.15) is 0 Å². The van der Waals surface area contributed by atoms with Crippen LogP contribution in [0.25, 0.3) is 0 Å². The Morgan fingerprint density at radius 3 is 2.38 bits per heavy atom. The summed E-state index contributed by atoms with van der Waals surface area (Å²) in [7, 11) is 3.01. The number of rotatable bonds is 7. The molecule has 0 aliphatic rings. The van der Waals surface area contributed by atoms with Gasteiger partial charge in [-0.15, -0.1) is 0 Å². The van der Waals surface area contributed by atoms with E-state index in [1.165, 1.54) is 14.2 Å². The van der Waals surface area contributed by atoms with Crippen LogP contribution in [-0.4, -0.2) is 43.5 Å². The largest absolute Gasteiger partial charge is 0.493 e. The summed E-state index contributed by atoms with van der Waals surface area (Å²) >= 11 is 0. The Labute approximate surface area is 141 Å². The Hall–Kier alpha value is -2.44. The van der Waals surface area contributed by atoms with E-state index in [2.05, 4.69) is 5.32 Å². The summed E-state index contributed by atoms with van der Waals surface area (Å²) in [6.45, 7) is 5.16. The smallest absolute Gasteiger partial charge is 0.407 e. The van der Waals surface area contributed by atoms with Crippen molar-refractivity contribution < 1.29 is 28.9 Å². The third-order valence-corrected chi connectivity index (χ3v) is 3.19. The minimum atomic E-state index is -1.02. The van der Waals surface area contributed by atoms with Crippen molar-refractivity contribution >= 4 is 12.1 Å². The van der Waals surface area contributed by atoms with E-state index in [-0.39, 0.29) is 13.0 Å². The first-order valence-electron chi connectivity index (χ1n) is 7.57. The number of para-hydroxylation sites is 1. The number of hydrogen-bond acceptors (Lipinski definition) is 5. The van der Waals surface area contributed by atoms with E-state index in [9.17, 15) is 14.7 Å². The molecule has 0 aromatic heterocycles. The van der Waals surface area contributed by atoms with Crippen LogP contribution in [0.3, 0.4) is 0 Å². The van der Waals surface area contributed by atoms with Gasteiger partial charge in [0.2, 0.25) is 0 Å². The standard InChI is InChI=1S/C17H25NO6/c1-17(2,3)24-16(21)18-10-12(15(19)20)9-11-7-6-8-13(22-4)14(11)23-5/h6-8,12H,9-10H2,1-5H3,(H,18,21)(H,19,20)/t12-/m0/s1. The van der Waals surface area contributed by atoms with E-state index in [0.717, 1.165) is 0 Å². The van der Waals surface area contributed by atoms with Crippen molar-refractivity contribution in [3.8, 4) is 11.5 Å². The summed E-state index contributed by atoms with van der Waals surface area (Å²) in [6, 6.07) is 5.26. The maximum atomic E-state index is 11.7. The lowest BCUT2D eigenvalue weighted by molar-refractivity contribution is -0.141. The molecule has 0 saturated carbocycles. The van der Waals surface area contributed by atoms with Gasteiger partial charge in [-0.1, -0.05) is 12.1 Å². The number of benzene rings is 1. The topological polar surface area (TPSA) is 94.1 Å². The Bertz CT molecular complexity index is 579. The molecule has 1 atom stereocenters. The first-order valence-corrected chi connectivity index (χ1v) is 7.57. The molecule has 0 aliphatic heterocycles. The number of nitrogens with one attached hydrogen (secondary N) is 1. The number of carboxylic acid groups (broad SMARTS) is 1. The molecule has 2 N–H and O–H groups in total. The monoisotopic (exact) mass is 339 g/mol. The molecule has 7 nitrogen and oxygen atoms in total. The molecule has 1 aromatic rings. The molecule has 0 bridgehead atoms. The molecule has 0 heterocycles. The quantitative estimate of drug-likeness (QED) is 0.792. The van der Waals surface area contributed by atoms with E-state index >= 15 is 0 Å². The molecule has 0 unspecified atom stereocenters. The van der Waals surface area contributed by atoms with E-state index in [1.807, 2.05) is 0 Å². The Morgan fingerprint density at radius 2 is 1.88 bits per heavy atom. The number of carbonyl (C=O) groups is 2. The van der Waals surface area contributed by atoms with E-state index in [0.29, 0.717) is 17.1 Å². The zero-order valence-corrected chi connectivity index (χ0v) is 14.7. The normalized spacial score (nSPS) is 12.2. The minimum absolute atomic E-state index is 0.0510. The predicted molar refractivity (Wildman–Crippen MR) is 88.6 cm³/mol. The fourth-order valence-electron chi connectivity index (χ4n) is 2.15. The van der Waals surface area contributed by atoms with Gasteiger partial charge in [0.15, 0.2) is 11.5 Å². The van der Waals surface area contributed by atoms with Gasteiger partial charge in [0.25, 0.3) is 0 Å². The first kappa shape index (κ1) is 19.6. The van der Waals surface area contributed by atoms with E-state index in [4.69, 9.17) is 14.2 Å². The van der Waals surface area contributed by atoms with Gasteiger partial charge in [-0.25, -0.2) is 4.79 Å². The molecule has 24 heavy (non-hydrogen) atoms. The molecule has 7 heteroatoms. The van der Waals surface area contributed by atoms with E-state index in [1.54, 1.807) is 39.0 Å². The molecule has 134 valence electrons. The van der Waals surface area contributed by atoms with Crippen molar-refractivity contribution in [2.45, 2.75) is 32.8 Å². The second-order valence-corrected chi connectivity index (χ2v) is 6.27. The molecular formula is C17H25NO6. The molecule has 0 aliphatic carbocycles. The van der Waals surface area contributed by atoms with Crippen LogP contribution in [0.15, 0.2) is 18.2 Å². The van der Waals surface area contributed by atoms with E-state index < -0.39 is 23.6 Å². The zero-order chi connectivity index (χ0) is 18.3. The second kappa shape index (κ2) is 8.42. The SMILES string of the molecule is COc1cccc(C[C@@H](CNC(=O)OC(C)(C)C)C(=O)O)c1OC. The van der Waals surface area contributed by atoms with Gasteiger partial charge in [0.05, 0.1) is 20.1 Å². The molecule has 1 amide bonds. The average molecular weight is 339 g/mol. The molecule has 0 saturated heterocycles. The third kappa shape index (κ3) is 5.98. The molecule has 1 aromatic carbocycles. The third-order valence-electron chi connectivity index (χ3n) is 3.19. The Kier molecular flexibility index (Phi) is 6.88. The number of methoxy groups -OCH3 is 2. The molecule has 1 rings (SSSR count). The summed E-state index contributed by atoms with van der Waals surface area (Å²) in [4.78, 5) is 23.2. The summed E-state index contributed by atoms with van der Waals surface area (Å²) in [5.41, 5.74) is 0.0500. The van der Waals surface area contributed by atoms with Crippen LogP contribution < -0.4 is 14.8 Å². The minimum Gasteiger partial charge on any atom is -0.493 e. The fourth-order valence-corrected chi connectivity index (χ4v) is 2.15. The number of ether oxygens (including phenoxy) is 3. The molecule has 0 radical (unpaired) electrons. The lowest BCUT2D eigenvalue weighted by atomic mass is 9.98. The summed E-state index contributed by atoms with van der Waals surface area (Å²) in [5.74, 6) is -0.822. The zero-order valence-electron chi connectivity index (χ0n) is 14.7.